The molecule has 1 aromatic carbocycles. The largest absolute Gasteiger partial charge is 0.357 e. The highest BCUT2D eigenvalue weighted by Crippen LogP contribution is 2.18. The van der Waals surface area contributed by atoms with Crippen LogP contribution in [0.2, 0.25) is 0 Å². The van der Waals surface area contributed by atoms with Crippen molar-refractivity contribution in [1.82, 2.24) is 10.6 Å². The molecule has 0 spiro atoms. The van der Waals surface area contributed by atoms with Gasteiger partial charge in [0.2, 0.25) is 0 Å². The fourth-order valence-electron chi connectivity index (χ4n) is 1.76. The van der Waals surface area contributed by atoms with E-state index in [0.29, 0.717) is 11.8 Å². The maximum absolute atomic E-state index is 13.4. The van der Waals surface area contributed by atoms with Crippen LogP contribution in [0.1, 0.15) is 25.3 Å². The number of halogens is 1. The SMILES string of the molecule is CCNC(=NCCSCc1ccccc1F)NC1CC1. The zero-order valence-electron chi connectivity index (χ0n) is 11.9. The first-order valence-electron chi connectivity index (χ1n) is 7.15. The average Bonchev–Trinajstić information content (AvgIpc) is 3.24. The van der Waals surface area contributed by atoms with Crippen LogP contribution in [-0.2, 0) is 5.75 Å². The highest BCUT2D eigenvalue weighted by atomic mass is 32.2. The van der Waals surface area contributed by atoms with Gasteiger partial charge in [-0.2, -0.15) is 11.8 Å². The lowest BCUT2D eigenvalue weighted by Gasteiger charge is -2.10. The van der Waals surface area contributed by atoms with E-state index in [9.17, 15) is 4.39 Å². The molecule has 1 saturated carbocycles. The van der Waals surface area contributed by atoms with Crippen molar-refractivity contribution in [2.75, 3.05) is 18.8 Å². The number of hydrogen-bond acceptors (Lipinski definition) is 2. The van der Waals surface area contributed by atoms with Crippen LogP contribution < -0.4 is 10.6 Å². The summed E-state index contributed by atoms with van der Waals surface area (Å²) in [6, 6.07) is 7.56. The zero-order valence-corrected chi connectivity index (χ0v) is 12.7. The zero-order chi connectivity index (χ0) is 14.2. The molecule has 1 aromatic rings. The fourth-order valence-corrected chi connectivity index (χ4v) is 2.58. The highest BCUT2D eigenvalue weighted by molar-refractivity contribution is 7.98. The summed E-state index contributed by atoms with van der Waals surface area (Å²) < 4.78 is 13.4. The van der Waals surface area contributed by atoms with E-state index in [1.807, 2.05) is 12.1 Å². The lowest BCUT2D eigenvalue weighted by Crippen LogP contribution is -2.38. The molecular formula is C15H22FN3S. The Bertz CT molecular complexity index is 446. The normalized spacial score (nSPS) is 15.2. The van der Waals surface area contributed by atoms with E-state index in [0.717, 1.165) is 30.4 Å². The molecule has 0 atom stereocenters. The first-order chi connectivity index (χ1) is 9.79. The van der Waals surface area contributed by atoms with Gasteiger partial charge in [0, 0.05) is 24.1 Å². The van der Waals surface area contributed by atoms with Crippen LogP contribution in [0.4, 0.5) is 4.39 Å². The Balaban J connectivity index is 1.67. The van der Waals surface area contributed by atoms with Crippen molar-refractivity contribution < 1.29 is 4.39 Å². The molecule has 1 aliphatic carbocycles. The predicted molar refractivity (Wildman–Crippen MR) is 84.7 cm³/mol. The molecule has 1 aliphatic rings. The maximum Gasteiger partial charge on any atom is 0.191 e. The quantitative estimate of drug-likeness (QED) is 0.461. The second kappa shape index (κ2) is 8.15. The Labute approximate surface area is 124 Å². The highest BCUT2D eigenvalue weighted by Gasteiger charge is 2.21. The van der Waals surface area contributed by atoms with Crippen LogP contribution in [0.25, 0.3) is 0 Å². The molecule has 20 heavy (non-hydrogen) atoms. The Kier molecular flexibility index (Phi) is 6.18. The molecular weight excluding hydrogens is 273 g/mol. The number of benzene rings is 1. The van der Waals surface area contributed by atoms with Crippen molar-refractivity contribution in [2.24, 2.45) is 4.99 Å². The van der Waals surface area contributed by atoms with Gasteiger partial charge in [-0.3, -0.25) is 4.99 Å². The van der Waals surface area contributed by atoms with Crippen LogP contribution in [0.3, 0.4) is 0 Å². The molecule has 2 rings (SSSR count). The molecule has 0 heterocycles. The summed E-state index contributed by atoms with van der Waals surface area (Å²) in [5.41, 5.74) is 0.768. The Morgan fingerprint density at radius 1 is 1.40 bits per heavy atom. The molecule has 110 valence electrons. The van der Waals surface area contributed by atoms with E-state index in [1.54, 1.807) is 17.8 Å². The smallest absolute Gasteiger partial charge is 0.191 e. The van der Waals surface area contributed by atoms with Crippen molar-refractivity contribution in [1.29, 1.82) is 0 Å². The van der Waals surface area contributed by atoms with Crippen LogP contribution in [0.5, 0.6) is 0 Å². The standard InChI is InChI=1S/C15H22FN3S/c1-2-17-15(19-13-7-8-13)18-9-10-20-11-12-5-3-4-6-14(12)16/h3-6,13H,2,7-11H2,1H3,(H2,17,18,19). The van der Waals surface area contributed by atoms with Gasteiger partial charge in [0.1, 0.15) is 5.82 Å². The molecule has 5 heteroatoms. The lowest BCUT2D eigenvalue weighted by molar-refractivity contribution is 0.617. The van der Waals surface area contributed by atoms with Gasteiger partial charge in [-0.15, -0.1) is 0 Å². The summed E-state index contributed by atoms with van der Waals surface area (Å²) in [6.07, 6.45) is 2.49. The molecule has 0 bridgehead atoms. The number of rotatable bonds is 7. The first-order valence-corrected chi connectivity index (χ1v) is 8.31. The third kappa shape index (κ3) is 5.41. The van der Waals surface area contributed by atoms with E-state index in [1.165, 1.54) is 18.9 Å². The van der Waals surface area contributed by atoms with Crippen LogP contribution >= 0.6 is 11.8 Å². The minimum absolute atomic E-state index is 0.118. The van der Waals surface area contributed by atoms with Crippen molar-refractivity contribution in [3.63, 3.8) is 0 Å². The Hall–Kier alpha value is -1.23. The van der Waals surface area contributed by atoms with E-state index < -0.39 is 0 Å². The lowest BCUT2D eigenvalue weighted by atomic mass is 10.2. The van der Waals surface area contributed by atoms with Crippen molar-refractivity contribution in [3.05, 3.63) is 35.6 Å². The second-order valence-corrected chi connectivity index (χ2v) is 5.93. The van der Waals surface area contributed by atoms with Gasteiger partial charge in [-0.1, -0.05) is 18.2 Å². The summed E-state index contributed by atoms with van der Waals surface area (Å²) in [5.74, 6) is 2.39. The van der Waals surface area contributed by atoms with Gasteiger partial charge in [-0.05, 0) is 31.4 Å². The minimum atomic E-state index is -0.118. The van der Waals surface area contributed by atoms with Gasteiger partial charge in [0.05, 0.1) is 6.54 Å². The van der Waals surface area contributed by atoms with E-state index in [2.05, 4.69) is 22.5 Å². The molecule has 0 unspecified atom stereocenters. The fraction of sp³-hybridized carbons (Fsp3) is 0.533. The maximum atomic E-state index is 13.4. The van der Waals surface area contributed by atoms with Crippen molar-refractivity contribution in [3.8, 4) is 0 Å². The molecule has 0 amide bonds. The average molecular weight is 295 g/mol. The summed E-state index contributed by atoms with van der Waals surface area (Å²) >= 11 is 1.71. The molecule has 0 aliphatic heterocycles. The van der Waals surface area contributed by atoms with Crippen LogP contribution in [-0.4, -0.2) is 30.8 Å². The molecule has 1 fully saturated rings. The van der Waals surface area contributed by atoms with Crippen LogP contribution in [0, 0.1) is 5.82 Å². The van der Waals surface area contributed by atoms with Gasteiger partial charge in [0.15, 0.2) is 5.96 Å². The number of nitrogens with zero attached hydrogens (tertiary/aromatic N) is 1. The summed E-state index contributed by atoms with van der Waals surface area (Å²) in [6.45, 7) is 3.69. The van der Waals surface area contributed by atoms with Gasteiger partial charge in [0.25, 0.3) is 0 Å². The van der Waals surface area contributed by atoms with Crippen molar-refractivity contribution in [2.45, 2.75) is 31.6 Å². The Morgan fingerprint density at radius 2 is 2.20 bits per heavy atom. The summed E-state index contributed by atoms with van der Waals surface area (Å²) in [5, 5.41) is 6.62. The summed E-state index contributed by atoms with van der Waals surface area (Å²) in [7, 11) is 0. The number of thioether (sulfide) groups is 1. The van der Waals surface area contributed by atoms with E-state index >= 15 is 0 Å². The number of hydrogen-bond donors (Lipinski definition) is 2. The molecule has 0 radical (unpaired) electrons. The minimum Gasteiger partial charge on any atom is -0.357 e. The monoisotopic (exact) mass is 295 g/mol. The summed E-state index contributed by atoms with van der Waals surface area (Å²) in [4.78, 5) is 4.53. The topological polar surface area (TPSA) is 36.4 Å². The third-order valence-corrected chi connectivity index (χ3v) is 3.97. The molecule has 0 saturated heterocycles. The van der Waals surface area contributed by atoms with E-state index in [-0.39, 0.29) is 5.82 Å². The number of nitrogens with one attached hydrogen (secondary N) is 2. The first kappa shape index (κ1) is 15.2. The van der Waals surface area contributed by atoms with Gasteiger partial charge >= 0.3 is 0 Å². The van der Waals surface area contributed by atoms with Gasteiger partial charge in [-0.25, -0.2) is 4.39 Å². The van der Waals surface area contributed by atoms with E-state index in [4.69, 9.17) is 0 Å². The van der Waals surface area contributed by atoms with Crippen LogP contribution in [0.15, 0.2) is 29.3 Å². The number of aliphatic imine (C=N–C) groups is 1. The molecule has 2 N–H and O–H groups in total. The Morgan fingerprint density at radius 3 is 2.90 bits per heavy atom. The van der Waals surface area contributed by atoms with Crippen molar-refractivity contribution >= 4 is 17.7 Å². The number of guanidine groups is 1. The predicted octanol–water partition coefficient (Wildman–Crippen LogP) is 2.78. The second-order valence-electron chi connectivity index (χ2n) is 4.82. The van der Waals surface area contributed by atoms with Gasteiger partial charge < -0.3 is 10.6 Å². The molecule has 0 aromatic heterocycles. The molecule has 3 nitrogen and oxygen atoms in total. The third-order valence-electron chi connectivity index (χ3n) is 2.98.